The van der Waals surface area contributed by atoms with Crippen molar-refractivity contribution in [1.82, 2.24) is 4.90 Å². The van der Waals surface area contributed by atoms with E-state index in [0.29, 0.717) is 19.3 Å². The molecule has 4 aliphatic rings. The van der Waals surface area contributed by atoms with Crippen LogP contribution in [0, 0.1) is 23.7 Å². The highest BCUT2D eigenvalue weighted by molar-refractivity contribution is 5.88. The smallest absolute Gasteiger partial charge is 0.311 e. The molecule has 65 heavy (non-hydrogen) atoms. The van der Waals surface area contributed by atoms with Gasteiger partial charge in [0.05, 0.1) is 59.5 Å². The van der Waals surface area contributed by atoms with Crippen molar-refractivity contribution in [2.75, 3.05) is 27.7 Å². The lowest BCUT2D eigenvalue weighted by atomic mass is 9.73. The summed E-state index contributed by atoms with van der Waals surface area (Å²) in [7, 11) is 5.20. The summed E-state index contributed by atoms with van der Waals surface area (Å²) in [6.45, 7) is 18.8. The number of hydrogen-bond acceptors (Lipinski definition) is 17. The topological polar surface area (TPSA) is 256 Å². The Morgan fingerprint density at radius 1 is 0.923 bits per heavy atom. The molecule has 0 aromatic carbocycles. The molecule has 3 aliphatic heterocycles. The van der Waals surface area contributed by atoms with Crippen molar-refractivity contribution in [3.05, 3.63) is 10.4 Å². The van der Waals surface area contributed by atoms with Crippen molar-refractivity contribution >= 4 is 11.7 Å². The second-order valence-electron chi connectivity index (χ2n) is 20.6. The molecule has 0 aromatic rings. The van der Waals surface area contributed by atoms with Crippen LogP contribution in [-0.4, -0.2) is 166 Å². The molecule has 0 radical (unpaired) electrons. The molecule has 4 fully saturated rings. The van der Waals surface area contributed by atoms with E-state index >= 15 is 0 Å². The highest BCUT2D eigenvalue weighted by Gasteiger charge is 2.54. The maximum absolute atomic E-state index is 14.7. The van der Waals surface area contributed by atoms with Gasteiger partial charge in [-0.2, -0.15) is 0 Å². The molecule has 0 bridgehead atoms. The lowest BCUT2D eigenvalue weighted by Crippen LogP contribution is -2.61. The first-order chi connectivity index (χ1) is 30.2. The summed E-state index contributed by atoms with van der Waals surface area (Å²) in [5, 5.41) is 68.9. The van der Waals surface area contributed by atoms with Gasteiger partial charge in [-0.3, -0.25) is 4.79 Å². The zero-order chi connectivity index (χ0) is 48.8. The van der Waals surface area contributed by atoms with E-state index in [1.165, 1.54) is 14.0 Å². The lowest BCUT2D eigenvalue weighted by molar-refractivity contribution is -0.318. The van der Waals surface area contributed by atoms with E-state index < -0.39 is 108 Å². The minimum Gasteiger partial charge on any atom is -0.459 e. The summed E-state index contributed by atoms with van der Waals surface area (Å²) in [6.07, 6.45) is -6.92. The number of aliphatic hydroxyl groups excluding tert-OH is 3. The Bertz CT molecular complexity index is 1610. The van der Waals surface area contributed by atoms with Crippen molar-refractivity contribution in [3.63, 3.8) is 0 Å². The van der Waals surface area contributed by atoms with Gasteiger partial charge in [0.15, 0.2) is 12.6 Å². The molecule has 19 nitrogen and oxygen atoms in total. The van der Waals surface area contributed by atoms with E-state index in [0.717, 1.165) is 19.3 Å². The molecule has 8 unspecified atom stereocenters. The molecular weight excluding hydrogens is 847 g/mol. The second-order valence-corrected chi connectivity index (χ2v) is 20.6. The van der Waals surface area contributed by atoms with E-state index in [2.05, 4.69) is 10.0 Å². The van der Waals surface area contributed by atoms with Gasteiger partial charge in [-0.1, -0.05) is 37.5 Å². The summed E-state index contributed by atoms with van der Waals surface area (Å²) < 4.78 is 44.4. The molecule has 1 aliphatic carbocycles. The first-order valence-corrected chi connectivity index (χ1v) is 23.7. The third-order valence-electron chi connectivity index (χ3n) is 14.4. The molecule has 19 heteroatoms. The van der Waals surface area contributed by atoms with Gasteiger partial charge in [-0.05, 0) is 107 Å². The van der Waals surface area contributed by atoms with E-state index in [9.17, 15) is 35.9 Å². The summed E-state index contributed by atoms with van der Waals surface area (Å²) in [4.78, 5) is 25.8. The number of rotatable bonds is 13. The zero-order valence-corrected chi connectivity index (χ0v) is 41.5. The fraction of sp³-hybridized carbons (Fsp3) is 0.957. The van der Waals surface area contributed by atoms with Crippen molar-refractivity contribution in [2.24, 2.45) is 33.9 Å². The second kappa shape index (κ2) is 22.9. The molecule has 0 aromatic heterocycles. The average molecular weight is 930 g/mol. The minimum atomic E-state index is -2.15. The highest BCUT2D eigenvalue weighted by atomic mass is 16.8. The standard InChI is InChI=1S/C46H83N5O14/c1-25(2)64-46(19-16-15-17-20-46)65-49-35-26(3)23-43(9,56)40(63-42-36(52)32(51(12)13)22-27(4)59-42)29(6)37(62-34-24-44(10,58-14)39(54)31(8)60-34)30(7)41(55)61-33(18-21-48-50-47)45(11,57)38(53)28(35)5/h25-34,36-40,42,52-54,56-57H,15-24H2,1-14H3/b49-35+/t26-,27?,28+,29+,30-,31?,32?,33-,34?,36?,37+,38-,39?,40-,42?,43-,44?,45-/m1/s1. The number of oxime groups is 1. The van der Waals surface area contributed by atoms with E-state index in [1.54, 1.807) is 41.5 Å². The van der Waals surface area contributed by atoms with Gasteiger partial charge in [0.2, 0.25) is 5.79 Å². The SMILES string of the molecule is COC1(C)CC(O[C@H]2[C@H](C)[C@@H](OC3OC(C)CC(N(C)C)C3O)[C@](C)(O)C[C@@H](C)/C(=N\OC3(OC(C)C)CCCCC3)[C@H](C)[C@@H](O)[C@](C)(O)[C@@H](CCN=[N+]=[N-])OC(=O)[C@@H]2C)OC(C)C1O. The summed E-state index contributed by atoms with van der Waals surface area (Å²) in [6, 6.07) is -0.355. The van der Waals surface area contributed by atoms with Crippen molar-refractivity contribution < 1.29 is 68.3 Å². The number of nitrogens with zero attached hydrogens (tertiary/aromatic N) is 5. The molecule has 376 valence electrons. The Morgan fingerprint density at radius 3 is 2.15 bits per heavy atom. The monoisotopic (exact) mass is 930 g/mol. The van der Waals surface area contributed by atoms with Crippen LogP contribution in [0.1, 0.15) is 134 Å². The molecule has 0 amide bonds. The van der Waals surface area contributed by atoms with Gasteiger partial charge < -0.3 is 68.4 Å². The first kappa shape index (κ1) is 55.4. The predicted octanol–water partition coefficient (Wildman–Crippen LogP) is 4.96. The van der Waals surface area contributed by atoms with Gasteiger partial charge in [0, 0.05) is 61.6 Å². The van der Waals surface area contributed by atoms with Crippen LogP contribution >= 0.6 is 0 Å². The number of likely N-dealkylation sites (N-methyl/N-ethyl adjacent to an activating group) is 1. The molecule has 1 saturated carbocycles. The first-order valence-electron chi connectivity index (χ1n) is 23.7. The van der Waals surface area contributed by atoms with Crippen LogP contribution in [-0.2, 0) is 42.8 Å². The van der Waals surface area contributed by atoms with E-state index in [4.69, 9.17) is 43.2 Å². The van der Waals surface area contributed by atoms with Gasteiger partial charge in [-0.15, -0.1) is 0 Å². The normalized spacial score (nSPS) is 44.3. The Kier molecular flexibility index (Phi) is 19.5. The third-order valence-corrected chi connectivity index (χ3v) is 14.4. The largest absolute Gasteiger partial charge is 0.459 e. The maximum atomic E-state index is 14.7. The minimum absolute atomic E-state index is 0.0564. The maximum Gasteiger partial charge on any atom is 0.311 e. The van der Waals surface area contributed by atoms with Crippen molar-refractivity contribution in [1.29, 1.82) is 0 Å². The van der Waals surface area contributed by atoms with Crippen LogP contribution in [0.3, 0.4) is 0 Å². The molecule has 5 N–H and O–H groups in total. The average Bonchev–Trinajstić information content (AvgIpc) is 3.22. The van der Waals surface area contributed by atoms with Crippen molar-refractivity contribution in [2.45, 2.75) is 230 Å². The van der Waals surface area contributed by atoms with Crippen LogP contribution in [0.5, 0.6) is 0 Å². The number of aliphatic hydroxyl groups is 5. The molecule has 18 atom stereocenters. The quantitative estimate of drug-likeness (QED) is 0.0408. The van der Waals surface area contributed by atoms with E-state index in [-0.39, 0.29) is 49.8 Å². The molecular formula is C46H83N5O14. The Balaban J connectivity index is 1.94. The molecule has 4 rings (SSSR count). The molecule has 3 heterocycles. The fourth-order valence-electron chi connectivity index (χ4n) is 10.6. The van der Waals surface area contributed by atoms with Crippen LogP contribution in [0.4, 0.5) is 0 Å². The number of carbonyl (C=O) groups is 1. The number of hydrogen-bond donors (Lipinski definition) is 5. The van der Waals surface area contributed by atoms with Crippen LogP contribution < -0.4 is 0 Å². The zero-order valence-electron chi connectivity index (χ0n) is 41.5. The van der Waals surface area contributed by atoms with Gasteiger partial charge in [0.1, 0.15) is 23.9 Å². The van der Waals surface area contributed by atoms with E-state index in [1.807, 2.05) is 46.7 Å². The highest BCUT2D eigenvalue weighted by Crippen LogP contribution is 2.42. The lowest BCUT2D eigenvalue weighted by Gasteiger charge is -2.49. The molecule has 3 saturated heterocycles. The van der Waals surface area contributed by atoms with Crippen LogP contribution in [0.2, 0.25) is 0 Å². The summed E-state index contributed by atoms with van der Waals surface area (Å²) >= 11 is 0. The predicted molar refractivity (Wildman–Crippen MR) is 240 cm³/mol. The Labute approximate surface area is 386 Å². The number of azide groups is 1. The Hall–Kier alpha value is -2.23. The number of cyclic esters (lactones) is 1. The number of esters is 1. The third kappa shape index (κ3) is 13.3. The van der Waals surface area contributed by atoms with Crippen LogP contribution in [0.15, 0.2) is 10.3 Å². The van der Waals surface area contributed by atoms with Gasteiger partial charge >= 0.3 is 5.97 Å². The van der Waals surface area contributed by atoms with Gasteiger partial charge in [-0.25, -0.2) is 0 Å². The fourth-order valence-corrected chi connectivity index (χ4v) is 10.6. The number of carbonyl (C=O) groups excluding carboxylic acids is 1. The molecule has 0 spiro atoms. The number of ether oxygens (including phenoxy) is 7. The number of methoxy groups -OCH3 is 1. The van der Waals surface area contributed by atoms with Gasteiger partial charge in [0.25, 0.3) is 0 Å². The Morgan fingerprint density at radius 2 is 1.57 bits per heavy atom. The van der Waals surface area contributed by atoms with Crippen molar-refractivity contribution in [3.8, 4) is 0 Å². The van der Waals surface area contributed by atoms with Crippen LogP contribution in [0.25, 0.3) is 10.4 Å². The summed E-state index contributed by atoms with van der Waals surface area (Å²) in [5.74, 6) is -5.60. The summed E-state index contributed by atoms with van der Waals surface area (Å²) in [5.41, 5.74) is 4.41.